The van der Waals surface area contributed by atoms with Gasteiger partial charge in [-0.1, -0.05) is 0 Å². The summed E-state index contributed by atoms with van der Waals surface area (Å²) in [6, 6.07) is 6.06. The first-order valence-electron chi connectivity index (χ1n) is 7.75. The number of ether oxygens (including phenoxy) is 1. The Morgan fingerprint density at radius 3 is 2.46 bits per heavy atom. The van der Waals surface area contributed by atoms with E-state index in [4.69, 9.17) is 4.74 Å². The number of carbonyl (C=O) groups excluding carboxylic acids is 2. The molecule has 1 unspecified atom stereocenters. The largest absolute Gasteiger partial charge is 0.481 e. The molecule has 1 saturated heterocycles. The van der Waals surface area contributed by atoms with Gasteiger partial charge >= 0.3 is 6.18 Å². The van der Waals surface area contributed by atoms with Crippen molar-refractivity contribution >= 4 is 11.8 Å². The number of hydrogen-bond acceptors (Lipinski definition) is 3. The minimum atomic E-state index is -4.45. The van der Waals surface area contributed by atoms with Gasteiger partial charge in [0, 0.05) is 24.6 Å². The van der Waals surface area contributed by atoms with E-state index < -0.39 is 24.7 Å². The highest BCUT2D eigenvalue weighted by Crippen LogP contribution is 2.31. The van der Waals surface area contributed by atoms with Gasteiger partial charge < -0.3 is 15.0 Å². The number of benzene rings is 1. The molecule has 1 aromatic carbocycles. The van der Waals surface area contributed by atoms with Crippen LogP contribution in [-0.2, 0) is 4.79 Å². The summed E-state index contributed by atoms with van der Waals surface area (Å²) >= 11 is 0. The van der Waals surface area contributed by atoms with E-state index in [0.717, 1.165) is 12.8 Å². The highest BCUT2D eigenvalue weighted by molar-refractivity contribution is 5.94. The Bertz CT molecular complexity index is 626. The highest BCUT2D eigenvalue weighted by atomic mass is 19.4. The van der Waals surface area contributed by atoms with Crippen molar-refractivity contribution in [1.82, 2.24) is 10.2 Å². The van der Waals surface area contributed by atoms with Crippen LogP contribution in [0.3, 0.4) is 0 Å². The Morgan fingerprint density at radius 2 is 1.88 bits per heavy atom. The highest BCUT2D eigenvalue weighted by Gasteiger charge is 2.41. The molecular weight excluding hydrogens is 325 g/mol. The fourth-order valence-electron chi connectivity index (χ4n) is 2.66. The van der Waals surface area contributed by atoms with Gasteiger partial charge in [0.05, 0.1) is 0 Å². The number of likely N-dealkylation sites (tertiary alicyclic amines) is 1. The Morgan fingerprint density at radius 1 is 1.21 bits per heavy atom. The molecule has 1 aliphatic heterocycles. The average molecular weight is 342 g/mol. The van der Waals surface area contributed by atoms with Gasteiger partial charge in [-0.25, -0.2) is 0 Å². The van der Waals surface area contributed by atoms with Gasteiger partial charge in [0.15, 0.2) is 6.10 Å². The van der Waals surface area contributed by atoms with Gasteiger partial charge in [-0.2, -0.15) is 13.2 Å². The third kappa shape index (κ3) is 3.98. The Hall–Kier alpha value is -2.25. The normalized spacial score (nSPS) is 21.0. The first-order chi connectivity index (χ1) is 11.3. The van der Waals surface area contributed by atoms with Crippen molar-refractivity contribution in [2.24, 2.45) is 0 Å². The maximum absolute atomic E-state index is 12.2. The lowest BCUT2D eigenvalue weighted by Crippen LogP contribution is -2.34. The van der Waals surface area contributed by atoms with Gasteiger partial charge in [0.1, 0.15) is 12.3 Å². The quantitative estimate of drug-likeness (QED) is 0.892. The van der Waals surface area contributed by atoms with Crippen LogP contribution in [-0.4, -0.2) is 48.1 Å². The molecule has 5 nitrogen and oxygen atoms in total. The van der Waals surface area contributed by atoms with Crippen molar-refractivity contribution in [2.75, 3.05) is 13.1 Å². The zero-order chi connectivity index (χ0) is 17.3. The number of halogens is 3. The van der Waals surface area contributed by atoms with Crippen LogP contribution in [0, 0.1) is 0 Å². The van der Waals surface area contributed by atoms with E-state index >= 15 is 0 Å². The van der Waals surface area contributed by atoms with Crippen LogP contribution in [0.15, 0.2) is 24.3 Å². The van der Waals surface area contributed by atoms with E-state index in [1.165, 1.54) is 24.3 Å². The Labute approximate surface area is 136 Å². The number of hydrogen-bond donors (Lipinski definition) is 1. The molecule has 0 bridgehead atoms. The molecule has 3 rings (SSSR count). The third-order valence-electron chi connectivity index (χ3n) is 4.02. The number of nitrogens with zero attached hydrogens (tertiary/aromatic N) is 1. The van der Waals surface area contributed by atoms with Crippen LogP contribution in [0.5, 0.6) is 5.75 Å². The fourth-order valence-corrected chi connectivity index (χ4v) is 2.66. The van der Waals surface area contributed by atoms with E-state index in [1.54, 1.807) is 5.32 Å². The minimum Gasteiger partial charge on any atom is -0.481 e. The summed E-state index contributed by atoms with van der Waals surface area (Å²) in [5, 5.41) is 1.80. The molecule has 0 spiro atoms. The molecule has 2 amide bonds. The number of amides is 2. The van der Waals surface area contributed by atoms with E-state index in [1.807, 2.05) is 4.90 Å². The minimum absolute atomic E-state index is 0.0236. The summed E-state index contributed by atoms with van der Waals surface area (Å²) in [6.45, 7) is -0.691. The molecule has 1 aliphatic carbocycles. The number of carbonyl (C=O) groups is 2. The number of alkyl halides is 3. The van der Waals surface area contributed by atoms with Crippen molar-refractivity contribution in [3.63, 3.8) is 0 Å². The second-order valence-corrected chi connectivity index (χ2v) is 5.98. The number of rotatable bonds is 5. The molecule has 24 heavy (non-hydrogen) atoms. The lowest BCUT2D eigenvalue weighted by atomic mass is 10.2. The third-order valence-corrected chi connectivity index (χ3v) is 4.02. The molecule has 0 radical (unpaired) electrons. The van der Waals surface area contributed by atoms with Crippen LogP contribution in [0.2, 0.25) is 0 Å². The zero-order valence-electron chi connectivity index (χ0n) is 12.8. The SMILES string of the molecule is O=C(NCC(F)(F)F)c1ccc(OC2CCN(C3CC3)C2=O)cc1. The first-order valence-corrected chi connectivity index (χ1v) is 7.75. The molecule has 0 aromatic heterocycles. The van der Waals surface area contributed by atoms with E-state index in [-0.39, 0.29) is 11.5 Å². The van der Waals surface area contributed by atoms with Gasteiger partial charge in [-0.15, -0.1) is 0 Å². The maximum Gasteiger partial charge on any atom is 0.405 e. The van der Waals surface area contributed by atoms with Gasteiger partial charge in [0.2, 0.25) is 0 Å². The van der Waals surface area contributed by atoms with E-state index in [2.05, 4.69) is 0 Å². The molecule has 1 heterocycles. The van der Waals surface area contributed by atoms with E-state index in [0.29, 0.717) is 24.8 Å². The predicted octanol–water partition coefficient (Wildman–Crippen LogP) is 2.12. The van der Waals surface area contributed by atoms with Crippen molar-refractivity contribution in [2.45, 2.75) is 37.6 Å². The standard InChI is InChI=1S/C16H17F3N2O3/c17-16(18,19)9-20-14(22)10-1-5-12(6-2-10)24-13-7-8-21(15(13)23)11-3-4-11/h1-2,5-6,11,13H,3-4,7-9H2,(H,20,22). The van der Waals surface area contributed by atoms with Crippen LogP contribution in [0.1, 0.15) is 29.6 Å². The summed E-state index contributed by atoms with van der Waals surface area (Å²) in [6.07, 6.45) is -2.28. The molecule has 2 aliphatic rings. The molecule has 1 saturated carbocycles. The monoisotopic (exact) mass is 342 g/mol. The molecule has 2 fully saturated rings. The Balaban J connectivity index is 1.55. The fraction of sp³-hybridized carbons (Fsp3) is 0.500. The van der Waals surface area contributed by atoms with Crippen molar-refractivity contribution in [3.8, 4) is 5.75 Å². The Kier molecular flexibility index (Phi) is 4.38. The molecule has 1 N–H and O–H groups in total. The smallest absolute Gasteiger partial charge is 0.405 e. The predicted molar refractivity (Wildman–Crippen MR) is 78.6 cm³/mol. The van der Waals surface area contributed by atoms with Crippen LogP contribution < -0.4 is 10.1 Å². The summed E-state index contributed by atoms with van der Waals surface area (Å²) in [5.41, 5.74) is 0.101. The number of nitrogens with one attached hydrogen (secondary N) is 1. The van der Waals surface area contributed by atoms with Crippen molar-refractivity contribution in [1.29, 1.82) is 0 Å². The molecule has 1 atom stereocenters. The molecular formula is C16H17F3N2O3. The zero-order valence-corrected chi connectivity index (χ0v) is 12.8. The van der Waals surface area contributed by atoms with Crippen LogP contribution in [0.25, 0.3) is 0 Å². The van der Waals surface area contributed by atoms with Crippen LogP contribution in [0.4, 0.5) is 13.2 Å². The molecule has 130 valence electrons. The molecule has 8 heteroatoms. The second-order valence-electron chi connectivity index (χ2n) is 5.98. The maximum atomic E-state index is 12.2. The summed E-state index contributed by atoms with van der Waals surface area (Å²) in [7, 11) is 0. The van der Waals surface area contributed by atoms with Gasteiger partial charge in [-0.05, 0) is 37.1 Å². The van der Waals surface area contributed by atoms with Gasteiger partial charge in [-0.3, -0.25) is 9.59 Å². The van der Waals surface area contributed by atoms with Crippen molar-refractivity contribution < 1.29 is 27.5 Å². The van der Waals surface area contributed by atoms with E-state index in [9.17, 15) is 22.8 Å². The summed E-state index contributed by atoms with van der Waals surface area (Å²) < 4.78 is 41.9. The first kappa shape index (κ1) is 16.6. The summed E-state index contributed by atoms with van der Waals surface area (Å²) in [5.74, 6) is -0.418. The average Bonchev–Trinajstić information content (AvgIpc) is 3.31. The second kappa shape index (κ2) is 6.33. The summed E-state index contributed by atoms with van der Waals surface area (Å²) in [4.78, 5) is 25.6. The lowest BCUT2D eigenvalue weighted by Gasteiger charge is -2.16. The lowest BCUT2D eigenvalue weighted by molar-refractivity contribution is -0.133. The van der Waals surface area contributed by atoms with Gasteiger partial charge in [0.25, 0.3) is 11.8 Å². The van der Waals surface area contributed by atoms with Crippen LogP contribution >= 0.6 is 0 Å². The molecule has 1 aromatic rings. The van der Waals surface area contributed by atoms with Crippen molar-refractivity contribution in [3.05, 3.63) is 29.8 Å². The topological polar surface area (TPSA) is 58.6 Å².